The van der Waals surface area contributed by atoms with Crippen LogP contribution >= 0.6 is 0 Å². The van der Waals surface area contributed by atoms with E-state index in [0.29, 0.717) is 27.8 Å². The van der Waals surface area contributed by atoms with E-state index in [9.17, 15) is 9.59 Å². The number of H-pyrrole nitrogens is 2. The highest BCUT2D eigenvalue weighted by molar-refractivity contribution is 6.04. The average molecular weight is 339 g/mol. The zero-order valence-corrected chi connectivity index (χ0v) is 13.3. The van der Waals surface area contributed by atoms with Gasteiger partial charge < -0.3 is 20.5 Å². The van der Waals surface area contributed by atoms with E-state index in [2.05, 4.69) is 20.3 Å². The van der Waals surface area contributed by atoms with Gasteiger partial charge in [-0.2, -0.15) is 0 Å². The van der Waals surface area contributed by atoms with E-state index in [0.717, 1.165) is 5.56 Å². The molecule has 0 bridgehead atoms. The molecule has 9 nitrogen and oxygen atoms in total. The van der Waals surface area contributed by atoms with Gasteiger partial charge in [0.25, 0.3) is 17.9 Å². The molecule has 0 fully saturated rings. The molecule has 1 aromatic carbocycles. The van der Waals surface area contributed by atoms with Gasteiger partial charge in [-0.05, 0) is 22.7 Å². The molecule has 25 heavy (non-hydrogen) atoms. The van der Waals surface area contributed by atoms with E-state index in [-0.39, 0.29) is 18.1 Å². The van der Waals surface area contributed by atoms with Gasteiger partial charge in [0, 0.05) is 19.8 Å². The first-order valence-electron chi connectivity index (χ1n) is 7.54. The van der Waals surface area contributed by atoms with Gasteiger partial charge in [0.15, 0.2) is 11.1 Å². The van der Waals surface area contributed by atoms with Crippen molar-refractivity contribution in [2.24, 2.45) is 7.05 Å². The lowest BCUT2D eigenvalue weighted by Crippen LogP contribution is -2.25. The second-order valence-corrected chi connectivity index (χ2v) is 5.66. The molecule has 0 aliphatic heterocycles. The van der Waals surface area contributed by atoms with Gasteiger partial charge in [-0.3, -0.25) is 9.36 Å². The van der Waals surface area contributed by atoms with Crippen molar-refractivity contribution >= 4 is 33.7 Å². The number of fused-ring (bicyclic) bond motifs is 2. The smallest absolute Gasteiger partial charge is 0.408 e. The number of hydrogen-bond acceptors (Lipinski definition) is 5. The Labute approximate surface area is 140 Å². The zero-order chi connectivity index (χ0) is 17.6. The number of oxazole rings is 1. The van der Waals surface area contributed by atoms with E-state index in [4.69, 9.17) is 10.2 Å². The normalized spacial score (nSPS) is 11.2. The molecule has 0 saturated carbocycles. The molecule has 0 spiro atoms. The Morgan fingerprint density at radius 1 is 1.48 bits per heavy atom. The van der Waals surface area contributed by atoms with Gasteiger partial charge in [-0.15, -0.1) is 0 Å². The summed E-state index contributed by atoms with van der Waals surface area (Å²) in [6, 6.07) is 5.30. The number of aromatic nitrogens is 4. The lowest BCUT2D eigenvalue weighted by atomic mass is 10.2. The van der Waals surface area contributed by atoms with E-state index >= 15 is 0 Å². The summed E-state index contributed by atoms with van der Waals surface area (Å²) in [4.78, 5) is 33.9. The Kier molecular flexibility index (Phi) is 3.27. The van der Waals surface area contributed by atoms with Crippen molar-refractivity contribution in [3.05, 3.63) is 52.5 Å². The summed E-state index contributed by atoms with van der Waals surface area (Å²) in [7, 11) is 1.63. The number of benzene rings is 1. The molecule has 0 unspecified atom stereocenters. The third-order valence-electron chi connectivity index (χ3n) is 4.07. The third kappa shape index (κ3) is 2.42. The Morgan fingerprint density at radius 2 is 2.32 bits per heavy atom. The number of nitrogens with two attached hydrogens (primary N) is 1. The van der Waals surface area contributed by atoms with Crippen LogP contribution in [-0.4, -0.2) is 20.4 Å². The maximum atomic E-state index is 12.5. The van der Waals surface area contributed by atoms with Crippen molar-refractivity contribution in [3.8, 4) is 0 Å². The number of hydrogen-bond donors (Lipinski definition) is 3. The van der Waals surface area contributed by atoms with Crippen LogP contribution in [0.1, 0.15) is 16.1 Å². The minimum Gasteiger partial charge on any atom is -0.408 e. The predicted molar refractivity (Wildman–Crippen MR) is 89.7 cm³/mol. The molecule has 0 aliphatic rings. The van der Waals surface area contributed by atoms with Crippen LogP contribution in [0.25, 0.3) is 22.1 Å². The van der Waals surface area contributed by atoms with Crippen LogP contribution < -0.4 is 21.8 Å². The van der Waals surface area contributed by atoms with Gasteiger partial charge in [0.1, 0.15) is 5.52 Å². The number of nitrogens with zero attached hydrogens (tertiary/aromatic N) is 2. The first-order valence-corrected chi connectivity index (χ1v) is 7.54. The summed E-state index contributed by atoms with van der Waals surface area (Å²) in [6.45, 7) is 0.284. The molecule has 0 radical (unpaired) electrons. The van der Waals surface area contributed by atoms with Gasteiger partial charge >= 0.3 is 5.76 Å². The minimum absolute atomic E-state index is 0.252. The molecule has 4 rings (SSSR count). The first-order chi connectivity index (χ1) is 12.0. The molecular weight excluding hydrogens is 324 g/mol. The average Bonchev–Trinajstić information content (AvgIpc) is 3.13. The van der Waals surface area contributed by atoms with Crippen LogP contribution in [0.4, 0.5) is 5.69 Å². The van der Waals surface area contributed by atoms with E-state index < -0.39 is 5.76 Å². The highest BCUT2D eigenvalue weighted by atomic mass is 16.4. The number of nitrogen functional groups attached to an aromatic ring is 1. The summed E-state index contributed by atoms with van der Waals surface area (Å²) >= 11 is 0. The van der Waals surface area contributed by atoms with Crippen LogP contribution in [0, 0.1) is 0 Å². The van der Waals surface area contributed by atoms with E-state index in [1.165, 1.54) is 10.9 Å². The maximum absolute atomic E-state index is 12.5. The Balaban J connectivity index is 1.59. The van der Waals surface area contributed by atoms with Crippen LogP contribution in [0.3, 0.4) is 0 Å². The number of rotatable bonds is 3. The summed E-state index contributed by atoms with van der Waals surface area (Å²) in [6.07, 6.45) is 3.03. The van der Waals surface area contributed by atoms with Gasteiger partial charge in [0.05, 0.1) is 11.2 Å². The standard InChI is InChI=1S/C16H14N6O3/c1-22-10-4-8(2-3-11(10)25-16(22)24)5-19-15(23)14-13-12(20-7-21-14)9(17)6-18-13/h2-4,6-7,18H,5,17H2,1H3,(H,19,23)/p+1. The highest BCUT2D eigenvalue weighted by Gasteiger charge is 2.20. The molecule has 5 N–H and O–H groups in total. The van der Waals surface area contributed by atoms with Crippen molar-refractivity contribution in [3.63, 3.8) is 0 Å². The molecule has 0 saturated heterocycles. The molecule has 0 atom stereocenters. The van der Waals surface area contributed by atoms with E-state index in [1.807, 2.05) is 0 Å². The quantitative estimate of drug-likeness (QED) is 0.495. The first kappa shape index (κ1) is 14.9. The number of nitrogens with one attached hydrogen (secondary N) is 3. The van der Waals surface area contributed by atoms with Crippen molar-refractivity contribution in [2.45, 2.75) is 6.54 Å². The third-order valence-corrected chi connectivity index (χ3v) is 4.07. The second-order valence-electron chi connectivity index (χ2n) is 5.66. The lowest BCUT2D eigenvalue weighted by molar-refractivity contribution is -0.349. The Morgan fingerprint density at radius 3 is 3.16 bits per heavy atom. The molecule has 0 aliphatic carbocycles. The summed E-state index contributed by atoms with van der Waals surface area (Å²) in [5, 5.41) is 2.81. The molecular formula is C16H15N6O3+. The monoisotopic (exact) mass is 339 g/mol. The second kappa shape index (κ2) is 5.48. The summed E-state index contributed by atoms with van der Waals surface area (Å²) < 4.78 is 6.51. The fraction of sp³-hybridized carbons (Fsp3) is 0.125. The number of anilines is 1. The number of aryl methyl sites for hydroxylation is 1. The van der Waals surface area contributed by atoms with Gasteiger partial charge in [-0.1, -0.05) is 6.07 Å². The highest BCUT2D eigenvalue weighted by Crippen LogP contribution is 2.17. The van der Waals surface area contributed by atoms with Crippen LogP contribution in [0.5, 0.6) is 0 Å². The Hall–Kier alpha value is -3.62. The van der Waals surface area contributed by atoms with Crippen LogP contribution in [0.2, 0.25) is 0 Å². The van der Waals surface area contributed by atoms with Crippen molar-refractivity contribution in [2.75, 3.05) is 5.73 Å². The molecule has 3 heterocycles. The van der Waals surface area contributed by atoms with Crippen LogP contribution in [-0.2, 0) is 13.6 Å². The maximum Gasteiger partial charge on any atom is 0.419 e. The number of amides is 1. The van der Waals surface area contributed by atoms with Gasteiger partial charge in [0.2, 0.25) is 0 Å². The molecule has 4 aromatic rings. The van der Waals surface area contributed by atoms with Crippen molar-refractivity contribution in [1.29, 1.82) is 0 Å². The fourth-order valence-electron chi connectivity index (χ4n) is 2.73. The number of carbonyl (C=O) groups excluding carboxylic acids is 1. The van der Waals surface area contributed by atoms with Crippen molar-refractivity contribution < 1.29 is 14.2 Å². The predicted octanol–water partition coefficient (Wildman–Crippen LogP) is 0.334. The topological polar surface area (TPSA) is 133 Å². The van der Waals surface area contributed by atoms with Crippen molar-refractivity contribution in [1.82, 2.24) is 19.9 Å². The van der Waals surface area contributed by atoms with E-state index in [1.54, 1.807) is 31.4 Å². The molecule has 3 aromatic heterocycles. The largest absolute Gasteiger partial charge is 0.419 e. The number of carbonyl (C=O) groups is 1. The molecule has 126 valence electrons. The lowest BCUT2D eigenvalue weighted by Gasteiger charge is -2.04. The Bertz CT molecular complexity index is 1170. The zero-order valence-electron chi connectivity index (χ0n) is 13.3. The fourth-order valence-corrected chi connectivity index (χ4v) is 2.73. The summed E-state index contributed by atoms with van der Waals surface area (Å²) in [5.41, 5.74) is 9.78. The minimum atomic E-state index is -0.423. The molecule has 9 heteroatoms. The number of aromatic amines is 2. The van der Waals surface area contributed by atoms with Gasteiger partial charge in [-0.25, -0.2) is 9.78 Å². The molecule has 1 amide bonds. The summed E-state index contributed by atoms with van der Waals surface area (Å²) in [5.74, 6) is -0.755. The SMILES string of the molecule is Cn1c(=O)oc2ccc(CNC(=O)c3nc[nH+]c4c(N)c[nH]c34)cc21. The van der Waals surface area contributed by atoms with Crippen LogP contribution in [0.15, 0.2) is 39.9 Å².